The van der Waals surface area contributed by atoms with E-state index in [0.29, 0.717) is 5.56 Å². The number of benzene rings is 5. The number of phenolic OH excluding ortho intramolecular Hbond substituents is 10. The number of phenols is 10. The van der Waals surface area contributed by atoms with Crippen molar-refractivity contribution in [2.75, 3.05) is 0 Å². The minimum absolute atomic E-state index is 0.121. The molecule has 0 fully saturated rings. The van der Waals surface area contributed by atoms with Crippen LogP contribution in [0.1, 0.15) is 16.7 Å². The molecule has 10 N–H and O–H groups in total. The summed E-state index contributed by atoms with van der Waals surface area (Å²) in [7, 11) is 0. The third kappa shape index (κ3) is 5.76. The van der Waals surface area contributed by atoms with Gasteiger partial charge in [0.25, 0.3) is 0 Å². The fourth-order valence-corrected chi connectivity index (χ4v) is 4.78. The van der Waals surface area contributed by atoms with Crippen molar-refractivity contribution < 1.29 is 55.5 Å². The van der Waals surface area contributed by atoms with Crippen LogP contribution < -0.4 is 0 Å². The molecule has 0 aromatic heterocycles. The smallest absolute Gasteiger partial charge is 0.208 e. The lowest BCUT2D eigenvalue weighted by Crippen LogP contribution is -2.07. The first kappa shape index (κ1) is 32.4. The summed E-state index contributed by atoms with van der Waals surface area (Å²) in [6.07, 6.45) is 0. The van der Waals surface area contributed by atoms with E-state index in [2.05, 4.69) is 21.7 Å². The fraction of sp³-hybridized carbons (Fsp3) is 0.0294. The van der Waals surface area contributed by atoms with Gasteiger partial charge in [0.2, 0.25) is 34.5 Å². The van der Waals surface area contributed by atoms with Gasteiger partial charge in [-0.25, -0.2) is 14.4 Å². The van der Waals surface area contributed by atoms with Gasteiger partial charge in [-0.05, 0) is 47.7 Å². The zero-order chi connectivity index (χ0) is 34.9. The predicted octanol–water partition coefficient (Wildman–Crippen LogP) is 5.31. The first-order valence-corrected chi connectivity index (χ1v) is 13.8. The Morgan fingerprint density at radius 1 is 0.542 bits per heavy atom. The molecule has 0 aliphatic carbocycles. The number of aliphatic imine (C=N–C) groups is 3. The number of nitrogens with zero attached hydrogens (tertiary/aromatic N) is 3. The maximum absolute atomic E-state index is 15.2. The third-order valence-electron chi connectivity index (χ3n) is 7.32. The van der Waals surface area contributed by atoms with E-state index in [0.717, 1.165) is 17.2 Å². The monoisotopic (exact) mass is 655 g/mol. The quantitative estimate of drug-likeness (QED) is 0.0489. The van der Waals surface area contributed by atoms with E-state index < -0.39 is 86.8 Å². The zero-order valence-electron chi connectivity index (χ0n) is 24.5. The lowest BCUT2D eigenvalue weighted by molar-refractivity contribution is 0.324. The van der Waals surface area contributed by atoms with Gasteiger partial charge in [-0.15, -0.1) is 0 Å². The Hall–Kier alpha value is -6.96. The molecule has 0 spiro atoms. The van der Waals surface area contributed by atoms with Crippen LogP contribution in [0, 0.1) is 5.82 Å². The Labute approximate surface area is 270 Å². The second kappa shape index (κ2) is 12.8. The molecule has 0 aliphatic rings. The molecule has 13 nitrogen and oxygen atoms in total. The minimum Gasteiger partial charge on any atom is -0.504 e. The molecule has 0 unspecified atom stereocenters. The van der Waals surface area contributed by atoms with Crippen LogP contribution >= 0.6 is 0 Å². The van der Waals surface area contributed by atoms with E-state index in [1.807, 2.05) is 36.4 Å². The standard InChI is InChI=1S/C34H26FN3O10/c1-36-33(18-10-11-21(35)19(13-18)17-9-5-8-16(12-17)15-6-3-2-4-7-15)38-34(22-25(41)29(45)32(48)30(46)26(22)42)37-14-20-23(39)27(43)31(47)28(44)24(20)40/h2-13,39-48H,1,14H2/b37-34-,38-33-. The molecular weight excluding hydrogens is 629 g/mol. The lowest BCUT2D eigenvalue weighted by Gasteiger charge is -2.14. The van der Waals surface area contributed by atoms with Crippen LogP contribution in [0.5, 0.6) is 57.5 Å². The Bertz CT molecular complexity index is 2090. The second-order valence-electron chi connectivity index (χ2n) is 10.2. The number of rotatable bonds is 6. The van der Waals surface area contributed by atoms with E-state index in [-0.39, 0.29) is 17.0 Å². The molecule has 48 heavy (non-hydrogen) atoms. The molecule has 14 heteroatoms. The van der Waals surface area contributed by atoms with Gasteiger partial charge in [0.05, 0.1) is 12.1 Å². The van der Waals surface area contributed by atoms with Crippen molar-refractivity contribution in [3.63, 3.8) is 0 Å². The van der Waals surface area contributed by atoms with Crippen LogP contribution in [-0.2, 0) is 6.54 Å². The predicted molar refractivity (Wildman–Crippen MR) is 173 cm³/mol. The summed E-state index contributed by atoms with van der Waals surface area (Å²) in [6, 6.07) is 20.2. The van der Waals surface area contributed by atoms with Crippen LogP contribution in [0.15, 0.2) is 87.8 Å². The molecule has 0 atom stereocenters. The minimum atomic E-state index is -1.29. The van der Waals surface area contributed by atoms with E-state index in [1.54, 1.807) is 18.2 Å². The maximum atomic E-state index is 15.2. The van der Waals surface area contributed by atoms with E-state index >= 15 is 4.39 Å². The molecule has 5 aromatic rings. The summed E-state index contributed by atoms with van der Waals surface area (Å²) in [4.78, 5) is 12.0. The molecular formula is C34H26FN3O10. The zero-order valence-corrected chi connectivity index (χ0v) is 24.5. The van der Waals surface area contributed by atoms with Gasteiger partial charge in [0, 0.05) is 11.1 Å². The van der Waals surface area contributed by atoms with Crippen molar-refractivity contribution in [1.29, 1.82) is 0 Å². The highest BCUT2D eigenvalue weighted by Crippen LogP contribution is 2.52. The number of hydrogen-bond donors (Lipinski definition) is 10. The number of halogens is 1. The number of hydrogen-bond acceptors (Lipinski definition) is 11. The topological polar surface area (TPSA) is 239 Å². The Balaban J connectivity index is 1.69. The lowest BCUT2D eigenvalue weighted by atomic mass is 9.97. The van der Waals surface area contributed by atoms with Gasteiger partial charge in [-0.3, -0.25) is 4.99 Å². The van der Waals surface area contributed by atoms with Crippen molar-refractivity contribution in [1.82, 2.24) is 0 Å². The summed E-state index contributed by atoms with van der Waals surface area (Å²) in [6.45, 7) is 2.57. The highest BCUT2D eigenvalue weighted by Gasteiger charge is 2.28. The van der Waals surface area contributed by atoms with Crippen LogP contribution in [0.2, 0.25) is 0 Å². The molecule has 0 saturated heterocycles. The molecule has 0 radical (unpaired) electrons. The molecule has 244 valence electrons. The average molecular weight is 656 g/mol. The van der Waals surface area contributed by atoms with Gasteiger partial charge in [-0.2, -0.15) is 0 Å². The summed E-state index contributed by atoms with van der Waals surface area (Å²) >= 11 is 0. The van der Waals surface area contributed by atoms with Crippen LogP contribution in [0.4, 0.5) is 4.39 Å². The summed E-state index contributed by atoms with van der Waals surface area (Å²) in [5.74, 6) is -13.9. The van der Waals surface area contributed by atoms with Crippen molar-refractivity contribution in [3.05, 3.63) is 95.3 Å². The van der Waals surface area contributed by atoms with Crippen molar-refractivity contribution >= 4 is 18.4 Å². The Morgan fingerprint density at radius 2 is 1.06 bits per heavy atom. The fourth-order valence-electron chi connectivity index (χ4n) is 4.78. The first-order valence-electron chi connectivity index (χ1n) is 13.8. The molecule has 0 bridgehead atoms. The molecule has 5 rings (SSSR count). The van der Waals surface area contributed by atoms with Crippen molar-refractivity contribution in [3.8, 4) is 79.7 Å². The summed E-state index contributed by atoms with van der Waals surface area (Å²) in [5.41, 5.74) is 0.865. The van der Waals surface area contributed by atoms with Crippen molar-refractivity contribution in [2.24, 2.45) is 15.0 Å². The van der Waals surface area contributed by atoms with Gasteiger partial charge >= 0.3 is 0 Å². The maximum Gasteiger partial charge on any atom is 0.208 e. The molecule has 0 aliphatic heterocycles. The Morgan fingerprint density at radius 3 is 1.65 bits per heavy atom. The highest BCUT2D eigenvalue weighted by molar-refractivity contribution is 6.15. The van der Waals surface area contributed by atoms with Crippen LogP contribution in [0.25, 0.3) is 22.3 Å². The van der Waals surface area contributed by atoms with E-state index in [9.17, 15) is 51.1 Å². The summed E-state index contributed by atoms with van der Waals surface area (Å²) in [5, 5.41) is 102. The van der Waals surface area contributed by atoms with Gasteiger partial charge in [0.1, 0.15) is 11.4 Å². The van der Waals surface area contributed by atoms with Crippen molar-refractivity contribution in [2.45, 2.75) is 6.54 Å². The molecule has 0 heterocycles. The van der Waals surface area contributed by atoms with Gasteiger partial charge in [-0.1, -0.05) is 48.5 Å². The summed E-state index contributed by atoms with van der Waals surface area (Å²) < 4.78 is 15.2. The second-order valence-corrected chi connectivity index (χ2v) is 10.2. The number of aromatic hydroxyl groups is 10. The van der Waals surface area contributed by atoms with Crippen LogP contribution in [0.3, 0.4) is 0 Å². The largest absolute Gasteiger partial charge is 0.504 e. The molecule has 0 saturated carbocycles. The first-order chi connectivity index (χ1) is 22.8. The SMILES string of the molecule is C=N/C(=N\C(=N/Cc1c(O)c(O)c(O)c(O)c1O)c1c(O)c(O)c(O)c(O)c1O)c1ccc(F)c(-c2cccc(-c3ccccc3)c2)c1. The molecule has 5 aromatic carbocycles. The molecule has 0 amide bonds. The number of amidine groups is 2. The normalized spacial score (nSPS) is 11.9. The van der Waals surface area contributed by atoms with Gasteiger partial charge < -0.3 is 51.1 Å². The third-order valence-corrected chi connectivity index (χ3v) is 7.32. The van der Waals surface area contributed by atoms with E-state index in [4.69, 9.17) is 0 Å². The van der Waals surface area contributed by atoms with Gasteiger partial charge in [0.15, 0.2) is 34.7 Å². The Kier molecular flexibility index (Phi) is 8.65. The van der Waals surface area contributed by atoms with E-state index in [1.165, 1.54) is 12.1 Å². The van der Waals surface area contributed by atoms with Crippen LogP contribution in [-0.4, -0.2) is 69.5 Å². The highest BCUT2D eigenvalue weighted by atomic mass is 19.1. The average Bonchev–Trinajstić information content (AvgIpc) is 3.10.